The zero-order chi connectivity index (χ0) is 19.1. The molecule has 1 heterocycles. The van der Waals surface area contributed by atoms with E-state index in [0.717, 1.165) is 23.3 Å². The van der Waals surface area contributed by atoms with E-state index in [-0.39, 0.29) is 18.1 Å². The fraction of sp³-hybridized carbons (Fsp3) is 0.333. The lowest BCUT2D eigenvalue weighted by atomic mass is 10.1. The molecule has 0 spiro atoms. The number of anilines is 1. The Labute approximate surface area is 165 Å². The molecule has 0 saturated carbocycles. The van der Waals surface area contributed by atoms with Gasteiger partial charge in [-0.15, -0.1) is 0 Å². The maximum Gasteiger partial charge on any atom is 0.271 e. The molecule has 0 aliphatic heterocycles. The van der Waals surface area contributed by atoms with Crippen LogP contribution in [0.15, 0.2) is 34.0 Å². The highest BCUT2D eigenvalue weighted by Crippen LogP contribution is 2.19. The molecule has 0 bridgehead atoms. The second kappa shape index (κ2) is 9.68. The van der Waals surface area contributed by atoms with Crippen LogP contribution in [-0.2, 0) is 4.79 Å². The number of halogens is 1. The molecule has 0 saturated heterocycles. The third-order valence-electron chi connectivity index (χ3n) is 3.57. The Morgan fingerprint density at radius 1 is 1.23 bits per heavy atom. The molecule has 0 fully saturated rings. The number of thioether (sulfide) groups is 1. The van der Waals surface area contributed by atoms with Gasteiger partial charge in [0.2, 0.25) is 5.91 Å². The van der Waals surface area contributed by atoms with Crippen LogP contribution >= 0.6 is 27.7 Å². The van der Waals surface area contributed by atoms with E-state index >= 15 is 0 Å². The molecule has 26 heavy (non-hydrogen) atoms. The van der Waals surface area contributed by atoms with Crippen molar-refractivity contribution in [3.8, 4) is 0 Å². The van der Waals surface area contributed by atoms with Crippen LogP contribution in [0.2, 0.25) is 0 Å². The van der Waals surface area contributed by atoms with Crippen molar-refractivity contribution in [2.45, 2.75) is 32.3 Å². The van der Waals surface area contributed by atoms with Gasteiger partial charge in [0.25, 0.3) is 5.91 Å². The number of aryl methyl sites for hydroxylation is 2. The van der Waals surface area contributed by atoms with E-state index < -0.39 is 5.91 Å². The van der Waals surface area contributed by atoms with Crippen LogP contribution in [0.5, 0.6) is 0 Å². The van der Waals surface area contributed by atoms with Crippen LogP contribution < -0.4 is 10.6 Å². The van der Waals surface area contributed by atoms with Crippen molar-refractivity contribution in [3.05, 3.63) is 45.7 Å². The zero-order valence-electron chi connectivity index (χ0n) is 14.9. The number of aromatic nitrogens is 2. The maximum atomic E-state index is 12.3. The van der Waals surface area contributed by atoms with E-state index in [1.54, 1.807) is 6.20 Å². The van der Waals surface area contributed by atoms with Gasteiger partial charge in [0.15, 0.2) is 5.16 Å². The molecule has 2 amide bonds. The summed E-state index contributed by atoms with van der Waals surface area (Å²) in [5.41, 5.74) is 3.17. The molecule has 0 aliphatic carbocycles. The predicted molar refractivity (Wildman–Crippen MR) is 108 cm³/mol. The minimum Gasteiger partial charge on any atom is -0.342 e. The van der Waals surface area contributed by atoms with E-state index in [2.05, 4.69) is 43.5 Å². The molecule has 0 unspecified atom stereocenters. The van der Waals surface area contributed by atoms with Crippen molar-refractivity contribution in [1.82, 2.24) is 15.3 Å². The Kier molecular flexibility index (Phi) is 7.59. The van der Waals surface area contributed by atoms with E-state index in [1.165, 1.54) is 11.8 Å². The van der Waals surface area contributed by atoms with Gasteiger partial charge in [-0.1, -0.05) is 24.8 Å². The van der Waals surface area contributed by atoms with Gasteiger partial charge >= 0.3 is 0 Å². The average Bonchev–Trinajstić information content (AvgIpc) is 2.62. The Hall–Kier alpha value is -1.93. The number of rotatable bonds is 7. The second-order valence-corrected chi connectivity index (χ2v) is 7.64. The number of amides is 2. The van der Waals surface area contributed by atoms with Gasteiger partial charge in [-0.25, -0.2) is 9.97 Å². The van der Waals surface area contributed by atoms with E-state index in [1.807, 2.05) is 32.0 Å². The number of benzene rings is 1. The molecule has 0 aliphatic rings. The molecule has 138 valence electrons. The van der Waals surface area contributed by atoms with Crippen LogP contribution in [0, 0.1) is 13.8 Å². The molecule has 6 nitrogen and oxygen atoms in total. The lowest BCUT2D eigenvalue weighted by molar-refractivity contribution is -0.115. The number of carbonyl (C=O) groups is 2. The van der Waals surface area contributed by atoms with Crippen LogP contribution in [0.1, 0.15) is 35.0 Å². The largest absolute Gasteiger partial charge is 0.342 e. The minimum absolute atomic E-state index is 0.139. The number of nitrogens with zero attached hydrogens (tertiary/aromatic N) is 2. The third kappa shape index (κ3) is 5.81. The molecule has 8 heteroatoms. The maximum absolute atomic E-state index is 12.3. The lowest BCUT2D eigenvalue weighted by Gasteiger charge is -2.09. The van der Waals surface area contributed by atoms with Crippen molar-refractivity contribution in [1.29, 1.82) is 0 Å². The van der Waals surface area contributed by atoms with Crippen LogP contribution in [0.25, 0.3) is 0 Å². The summed E-state index contributed by atoms with van der Waals surface area (Å²) < 4.78 is 0.491. The summed E-state index contributed by atoms with van der Waals surface area (Å²) in [6.07, 6.45) is 2.54. The molecule has 1 aromatic carbocycles. The van der Waals surface area contributed by atoms with Crippen molar-refractivity contribution >= 4 is 45.2 Å². The number of nitrogens with one attached hydrogen (secondary N) is 2. The number of carbonyl (C=O) groups excluding carboxylic acids is 2. The smallest absolute Gasteiger partial charge is 0.271 e. The summed E-state index contributed by atoms with van der Waals surface area (Å²) in [5.74, 6) is 0.154. The molecule has 1 aromatic heterocycles. The third-order valence-corrected chi connectivity index (χ3v) is 5.22. The van der Waals surface area contributed by atoms with Gasteiger partial charge in [-0.3, -0.25) is 9.59 Å². The van der Waals surface area contributed by atoms with Crippen molar-refractivity contribution in [2.24, 2.45) is 0 Å². The summed E-state index contributed by atoms with van der Waals surface area (Å²) >= 11 is 4.77. The highest BCUT2D eigenvalue weighted by molar-refractivity contribution is 9.10. The van der Waals surface area contributed by atoms with Gasteiger partial charge in [0, 0.05) is 17.6 Å². The van der Waals surface area contributed by atoms with Gasteiger partial charge in [0.1, 0.15) is 5.69 Å². The van der Waals surface area contributed by atoms with Gasteiger partial charge in [-0.2, -0.15) is 0 Å². The quantitative estimate of drug-likeness (QED) is 0.510. The molecule has 2 aromatic rings. The number of hydrogen-bond donors (Lipinski definition) is 2. The highest BCUT2D eigenvalue weighted by atomic mass is 79.9. The first-order valence-electron chi connectivity index (χ1n) is 8.21. The molecule has 0 radical (unpaired) electrons. The first-order chi connectivity index (χ1) is 12.4. The molecule has 0 atom stereocenters. The Bertz CT molecular complexity index is 814. The normalized spacial score (nSPS) is 10.5. The van der Waals surface area contributed by atoms with E-state index in [0.29, 0.717) is 15.3 Å². The topological polar surface area (TPSA) is 84.0 Å². The van der Waals surface area contributed by atoms with Crippen molar-refractivity contribution in [2.75, 3.05) is 17.6 Å². The first kappa shape index (κ1) is 20.4. The Morgan fingerprint density at radius 2 is 2.00 bits per heavy atom. The predicted octanol–water partition coefficient (Wildman–Crippen LogP) is 3.73. The van der Waals surface area contributed by atoms with Crippen LogP contribution in [-0.4, -0.2) is 34.1 Å². The van der Waals surface area contributed by atoms with Crippen molar-refractivity contribution < 1.29 is 9.59 Å². The summed E-state index contributed by atoms with van der Waals surface area (Å²) in [6, 6.07) is 5.67. The van der Waals surface area contributed by atoms with Crippen molar-refractivity contribution in [3.63, 3.8) is 0 Å². The molecular formula is C18H21BrN4O2S. The fourth-order valence-electron chi connectivity index (χ4n) is 2.04. The van der Waals surface area contributed by atoms with E-state index in [9.17, 15) is 9.59 Å². The molecular weight excluding hydrogens is 416 g/mol. The van der Waals surface area contributed by atoms with E-state index in [4.69, 9.17) is 0 Å². The SMILES string of the molecule is CCCSc1ncc(Br)c(C(=O)NCC(=O)Nc2ccc(C)c(C)c2)n1. The molecule has 2 rings (SSSR count). The summed E-state index contributed by atoms with van der Waals surface area (Å²) in [5, 5.41) is 5.90. The Morgan fingerprint density at radius 3 is 2.69 bits per heavy atom. The van der Waals surface area contributed by atoms with Gasteiger partial charge in [-0.05, 0) is 59.5 Å². The number of hydrogen-bond acceptors (Lipinski definition) is 5. The Balaban J connectivity index is 1.95. The minimum atomic E-state index is -0.423. The first-order valence-corrected chi connectivity index (χ1v) is 9.99. The van der Waals surface area contributed by atoms with Crippen LogP contribution in [0.4, 0.5) is 5.69 Å². The highest BCUT2D eigenvalue weighted by Gasteiger charge is 2.15. The fourth-order valence-corrected chi connectivity index (χ4v) is 3.08. The van der Waals surface area contributed by atoms with Crippen LogP contribution in [0.3, 0.4) is 0 Å². The summed E-state index contributed by atoms with van der Waals surface area (Å²) in [7, 11) is 0. The summed E-state index contributed by atoms with van der Waals surface area (Å²) in [6.45, 7) is 5.91. The zero-order valence-corrected chi connectivity index (χ0v) is 17.3. The second-order valence-electron chi connectivity index (χ2n) is 5.73. The lowest BCUT2D eigenvalue weighted by Crippen LogP contribution is -2.33. The summed E-state index contributed by atoms with van der Waals surface area (Å²) in [4.78, 5) is 32.8. The molecule has 2 N–H and O–H groups in total. The monoisotopic (exact) mass is 436 g/mol. The average molecular weight is 437 g/mol. The van der Waals surface area contributed by atoms with Gasteiger partial charge in [0.05, 0.1) is 11.0 Å². The standard InChI is InChI=1S/C18H21BrN4O2S/c1-4-7-26-18-21-9-14(19)16(23-18)17(25)20-10-15(24)22-13-6-5-11(2)12(3)8-13/h5-6,8-9H,4,7,10H2,1-3H3,(H,20,25)(H,22,24). The van der Waals surface area contributed by atoms with Gasteiger partial charge < -0.3 is 10.6 Å².